The van der Waals surface area contributed by atoms with Crippen molar-refractivity contribution >= 4 is 11.5 Å². The average molecular weight is 527 g/mol. The van der Waals surface area contributed by atoms with Crippen molar-refractivity contribution < 1.29 is 40.6 Å². The van der Waals surface area contributed by atoms with E-state index in [4.69, 9.17) is 9.47 Å². The fraction of sp³-hybridized carbons (Fsp3) is 0.400. The smallest absolute Gasteiger partial charge is 0.416 e. The van der Waals surface area contributed by atoms with Gasteiger partial charge in [0.2, 0.25) is 5.88 Å². The molecule has 12 heteroatoms. The Hall–Kier alpha value is -3.75. The highest BCUT2D eigenvalue weighted by molar-refractivity contribution is 6.07. The lowest BCUT2D eigenvalue weighted by molar-refractivity contribution is -0.201. The van der Waals surface area contributed by atoms with E-state index < -0.39 is 42.2 Å². The number of nitrogens with one attached hydrogen (secondary N) is 1. The Labute approximate surface area is 208 Å². The molecule has 3 rings (SSSR count). The van der Waals surface area contributed by atoms with Gasteiger partial charge < -0.3 is 14.8 Å². The van der Waals surface area contributed by atoms with Crippen LogP contribution < -0.4 is 14.8 Å². The lowest BCUT2D eigenvalue weighted by Gasteiger charge is -2.40. The first kappa shape index (κ1) is 27.8. The average Bonchev–Trinajstić information content (AvgIpc) is 2.84. The highest BCUT2D eigenvalue weighted by Crippen LogP contribution is 2.48. The van der Waals surface area contributed by atoms with Gasteiger partial charge >= 0.3 is 12.4 Å². The van der Waals surface area contributed by atoms with Crippen LogP contribution in [0.1, 0.15) is 43.2 Å². The molecular formula is C25H23F6N3O3. The zero-order chi connectivity index (χ0) is 27.3. The van der Waals surface area contributed by atoms with Gasteiger partial charge in [-0.2, -0.15) is 31.6 Å². The molecule has 0 unspecified atom stereocenters. The lowest BCUT2D eigenvalue weighted by atomic mass is 9.77. The number of aromatic nitrogens is 1. The number of benzene rings is 1. The molecule has 1 N–H and O–H groups in total. The van der Waals surface area contributed by atoms with Crippen LogP contribution in [0.25, 0.3) is 5.57 Å². The highest BCUT2D eigenvalue weighted by Gasteiger charge is 2.59. The molecule has 1 atom stereocenters. The quantitative estimate of drug-likeness (QED) is 0.327. The third-order valence-corrected chi connectivity index (χ3v) is 5.91. The monoisotopic (exact) mass is 527 g/mol. The molecule has 0 saturated carbocycles. The number of alkyl halides is 6. The Bertz CT molecular complexity index is 1170. The van der Waals surface area contributed by atoms with Gasteiger partial charge in [0.05, 0.1) is 13.7 Å². The highest BCUT2D eigenvalue weighted by atomic mass is 19.4. The van der Waals surface area contributed by atoms with Crippen molar-refractivity contribution in [3.05, 3.63) is 59.3 Å². The maximum atomic E-state index is 14.5. The number of carbonyl (C=O) groups is 1. The molecule has 2 aromatic rings. The van der Waals surface area contributed by atoms with Crippen molar-refractivity contribution in [2.75, 3.05) is 13.7 Å². The van der Waals surface area contributed by atoms with Crippen LogP contribution in [0.3, 0.4) is 0 Å². The summed E-state index contributed by atoms with van der Waals surface area (Å²) in [5, 5.41) is 11.5. The van der Waals surface area contributed by atoms with E-state index in [1.54, 1.807) is 6.07 Å². The molecule has 0 aliphatic carbocycles. The van der Waals surface area contributed by atoms with E-state index in [-0.39, 0.29) is 47.8 Å². The van der Waals surface area contributed by atoms with Gasteiger partial charge in [0.1, 0.15) is 17.4 Å². The first-order valence-electron chi connectivity index (χ1n) is 11.2. The fourth-order valence-electron chi connectivity index (χ4n) is 3.97. The first-order chi connectivity index (χ1) is 17.4. The Balaban J connectivity index is 1.82. The van der Waals surface area contributed by atoms with Crippen molar-refractivity contribution in [2.45, 2.75) is 50.0 Å². The fourth-order valence-corrected chi connectivity index (χ4v) is 3.97. The molecule has 1 aliphatic heterocycles. The van der Waals surface area contributed by atoms with Crippen molar-refractivity contribution in [3.8, 4) is 17.7 Å². The third-order valence-electron chi connectivity index (χ3n) is 5.91. The predicted octanol–water partition coefficient (Wildman–Crippen LogP) is 5.85. The molecule has 0 saturated heterocycles. The SMILES string of the molecule is COc1ccc(C2=C(C#N)C(=O)N[C@@](c3ccc(OCCCCCC(F)(F)F)cc3)(C(F)(F)F)C2)cn1. The summed E-state index contributed by atoms with van der Waals surface area (Å²) < 4.78 is 90.6. The number of pyridine rings is 1. The number of hydrogen-bond acceptors (Lipinski definition) is 5. The summed E-state index contributed by atoms with van der Waals surface area (Å²) in [6, 6.07) is 9.43. The van der Waals surface area contributed by atoms with E-state index >= 15 is 0 Å². The molecule has 2 heterocycles. The van der Waals surface area contributed by atoms with Gasteiger partial charge in [-0.1, -0.05) is 12.1 Å². The van der Waals surface area contributed by atoms with Crippen molar-refractivity contribution in [3.63, 3.8) is 0 Å². The van der Waals surface area contributed by atoms with Crippen molar-refractivity contribution in [2.24, 2.45) is 0 Å². The molecule has 1 aromatic carbocycles. The van der Waals surface area contributed by atoms with Crippen LogP contribution in [0.15, 0.2) is 48.2 Å². The van der Waals surface area contributed by atoms with Crippen LogP contribution in [0.2, 0.25) is 0 Å². The number of carbonyl (C=O) groups excluding carboxylic acids is 1. The van der Waals surface area contributed by atoms with Crippen molar-refractivity contribution in [1.82, 2.24) is 10.3 Å². The van der Waals surface area contributed by atoms with Crippen LogP contribution in [-0.2, 0) is 10.3 Å². The van der Waals surface area contributed by atoms with E-state index in [2.05, 4.69) is 4.98 Å². The summed E-state index contributed by atoms with van der Waals surface area (Å²) in [6.45, 7) is 0.0985. The third kappa shape index (κ3) is 6.53. The number of amides is 1. The van der Waals surface area contributed by atoms with E-state index in [0.717, 1.165) is 12.1 Å². The normalized spacial score (nSPS) is 18.3. The second-order valence-corrected chi connectivity index (χ2v) is 8.39. The Morgan fingerprint density at radius 2 is 1.76 bits per heavy atom. The van der Waals surface area contributed by atoms with Gasteiger partial charge in [0.25, 0.3) is 5.91 Å². The van der Waals surface area contributed by atoms with Gasteiger partial charge in [-0.25, -0.2) is 4.98 Å². The van der Waals surface area contributed by atoms with E-state index in [1.165, 1.54) is 37.6 Å². The van der Waals surface area contributed by atoms with Crippen LogP contribution in [0.5, 0.6) is 11.6 Å². The Kier molecular flexibility index (Phi) is 8.35. The molecule has 1 aromatic heterocycles. The van der Waals surface area contributed by atoms with Crippen LogP contribution in [0.4, 0.5) is 26.3 Å². The van der Waals surface area contributed by atoms with Gasteiger partial charge in [-0.05, 0) is 54.2 Å². The number of rotatable bonds is 9. The number of nitrogens with zero attached hydrogens (tertiary/aromatic N) is 2. The van der Waals surface area contributed by atoms with E-state index in [9.17, 15) is 36.4 Å². The molecular weight excluding hydrogens is 504 g/mol. The summed E-state index contributed by atoms with van der Waals surface area (Å²) in [5.74, 6) is -0.732. The lowest BCUT2D eigenvalue weighted by Crippen LogP contribution is -2.58. The van der Waals surface area contributed by atoms with E-state index in [1.807, 2.05) is 5.32 Å². The summed E-state index contributed by atoms with van der Waals surface area (Å²) in [6.07, 6.45) is -8.95. The molecule has 1 amide bonds. The summed E-state index contributed by atoms with van der Waals surface area (Å²) >= 11 is 0. The minimum Gasteiger partial charge on any atom is -0.494 e. The van der Waals surface area contributed by atoms with Gasteiger partial charge in [0, 0.05) is 25.1 Å². The second kappa shape index (κ2) is 11.1. The van der Waals surface area contributed by atoms with Gasteiger partial charge in [-0.15, -0.1) is 0 Å². The van der Waals surface area contributed by atoms with Crippen molar-refractivity contribution in [1.29, 1.82) is 5.26 Å². The maximum Gasteiger partial charge on any atom is 0.416 e. The number of unbranched alkanes of at least 4 members (excludes halogenated alkanes) is 2. The molecule has 0 radical (unpaired) electrons. The minimum absolute atomic E-state index is 0.0378. The zero-order valence-electron chi connectivity index (χ0n) is 19.7. The predicted molar refractivity (Wildman–Crippen MR) is 120 cm³/mol. The molecule has 0 bridgehead atoms. The zero-order valence-corrected chi connectivity index (χ0v) is 19.7. The largest absolute Gasteiger partial charge is 0.494 e. The Morgan fingerprint density at radius 1 is 1.05 bits per heavy atom. The summed E-state index contributed by atoms with van der Waals surface area (Å²) in [4.78, 5) is 16.7. The van der Waals surface area contributed by atoms with Crippen LogP contribution in [-0.4, -0.2) is 37.0 Å². The summed E-state index contributed by atoms with van der Waals surface area (Å²) in [7, 11) is 1.37. The first-order valence-corrected chi connectivity index (χ1v) is 11.2. The van der Waals surface area contributed by atoms with E-state index in [0.29, 0.717) is 6.42 Å². The second-order valence-electron chi connectivity index (χ2n) is 8.39. The van der Waals surface area contributed by atoms with Gasteiger partial charge in [-0.3, -0.25) is 4.79 Å². The minimum atomic E-state index is -4.93. The molecule has 198 valence electrons. The number of hydrogen-bond donors (Lipinski definition) is 1. The number of methoxy groups -OCH3 is 1. The molecule has 6 nitrogen and oxygen atoms in total. The Morgan fingerprint density at radius 3 is 2.30 bits per heavy atom. The molecule has 37 heavy (non-hydrogen) atoms. The topological polar surface area (TPSA) is 84.2 Å². The molecule has 0 fully saturated rings. The number of halogens is 6. The molecule has 0 spiro atoms. The molecule has 1 aliphatic rings. The maximum absolute atomic E-state index is 14.5. The number of nitriles is 1. The summed E-state index contributed by atoms with van der Waals surface area (Å²) in [5.41, 5.74) is -3.49. The van der Waals surface area contributed by atoms with Crippen LogP contribution in [0, 0.1) is 11.3 Å². The van der Waals surface area contributed by atoms with Gasteiger partial charge in [0.15, 0.2) is 5.54 Å². The number of ether oxygens (including phenoxy) is 2. The van der Waals surface area contributed by atoms with Crippen LogP contribution >= 0.6 is 0 Å². The standard InChI is InChI=1S/C25H23F6N3O3/c1-36-21-10-5-16(15-33-21)19-13-23(25(29,30)31,34-22(35)20(19)14-32)17-6-8-18(9-7-17)37-12-4-2-3-11-24(26,27)28/h5-10,15H,2-4,11-13H2,1H3,(H,34,35)/t23-/m0/s1.